The Morgan fingerprint density at radius 3 is 2.37 bits per heavy atom. The fraction of sp³-hybridized carbons (Fsp3) is 0.548. The van der Waals surface area contributed by atoms with E-state index in [1.165, 1.54) is 0 Å². The minimum Gasteiger partial charge on any atom is -0.460 e. The maximum atomic E-state index is 13.7. The molecule has 0 bridgehead atoms. The summed E-state index contributed by atoms with van der Waals surface area (Å²) < 4.78 is 16.1. The van der Waals surface area contributed by atoms with Gasteiger partial charge in [-0.1, -0.05) is 30.3 Å². The summed E-state index contributed by atoms with van der Waals surface area (Å²) in [6.45, 7) is 9.57. The number of esters is 1. The van der Waals surface area contributed by atoms with Crippen LogP contribution in [0.3, 0.4) is 0 Å². The van der Waals surface area contributed by atoms with Crippen LogP contribution in [0.25, 0.3) is 11.4 Å². The van der Waals surface area contributed by atoms with Gasteiger partial charge in [-0.2, -0.15) is 0 Å². The van der Waals surface area contributed by atoms with Crippen LogP contribution in [0.15, 0.2) is 36.4 Å². The molecule has 2 saturated heterocycles. The molecule has 3 heterocycles. The van der Waals surface area contributed by atoms with Crippen molar-refractivity contribution >= 4 is 23.9 Å². The molecule has 0 saturated carbocycles. The molecule has 12 heteroatoms. The Kier molecular flexibility index (Phi) is 10.7. The van der Waals surface area contributed by atoms with Gasteiger partial charge in [0.1, 0.15) is 17.3 Å². The van der Waals surface area contributed by atoms with Gasteiger partial charge < -0.3 is 29.3 Å². The topological polar surface area (TPSA) is 140 Å². The molecule has 1 aromatic heterocycles. The fourth-order valence-electron chi connectivity index (χ4n) is 4.96. The normalized spacial score (nSPS) is 17.7. The van der Waals surface area contributed by atoms with E-state index in [1.54, 1.807) is 43.6 Å². The van der Waals surface area contributed by atoms with E-state index >= 15 is 0 Å². The molecule has 4 rings (SSSR count). The maximum absolute atomic E-state index is 13.7. The predicted molar refractivity (Wildman–Crippen MR) is 157 cm³/mol. The van der Waals surface area contributed by atoms with E-state index in [-0.39, 0.29) is 50.1 Å². The third-order valence-electron chi connectivity index (χ3n) is 7.14. The van der Waals surface area contributed by atoms with Gasteiger partial charge in [-0.15, -0.1) is 0 Å². The highest BCUT2D eigenvalue weighted by atomic mass is 16.6. The molecule has 12 nitrogen and oxygen atoms in total. The van der Waals surface area contributed by atoms with Crippen LogP contribution in [0.5, 0.6) is 0 Å². The van der Waals surface area contributed by atoms with Gasteiger partial charge in [0.15, 0.2) is 5.82 Å². The standard InChI is InChI=1S/C31H41N5O7/c1-5-42-30(40)36-16-14-35(15-17-36)29(39)23(11-12-26(37)43-31(2,3)4)34-28(38)25-19-24(22-13-18-41-20-22)32-27(33-25)21-9-7-6-8-10-21/h6-10,19,22-23H,5,11-18,20H2,1-4H3,(H,34,38)/t22?,23-/m0/s1. The van der Waals surface area contributed by atoms with Crippen LogP contribution < -0.4 is 5.32 Å². The molecule has 2 fully saturated rings. The van der Waals surface area contributed by atoms with Crippen molar-refractivity contribution in [1.29, 1.82) is 0 Å². The summed E-state index contributed by atoms with van der Waals surface area (Å²) in [6.07, 6.45) is 0.324. The van der Waals surface area contributed by atoms with E-state index in [2.05, 4.69) is 10.3 Å². The molecule has 1 N–H and O–H groups in total. The Hall–Kier alpha value is -4.06. The van der Waals surface area contributed by atoms with Gasteiger partial charge >= 0.3 is 12.1 Å². The van der Waals surface area contributed by atoms with Crippen molar-refractivity contribution in [3.63, 3.8) is 0 Å². The second-order valence-corrected chi connectivity index (χ2v) is 11.6. The van der Waals surface area contributed by atoms with Gasteiger partial charge in [0.25, 0.3) is 5.91 Å². The number of rotatable bonds is 9. The quantitative estimate of drug-likeness (QED) is 0.433. The number of nitrogens with one attached hydrogen (secondary N) is 1. The summed E-state index contributed by atoms with van der Waals surface area (Å²) in [4.78, 5) is 64.5. The number of carbonyl (C=O) groups excluding carboxylic acids is 4. The lowest BCUT2D eigenvalue weighted by atomic mass is 10.0. The Labute approximate surface area is 252 Å². The van der Waals surface area contributed by atoms with Crippen molar-refractivity contribution in [2.75, 3.05) is 46.0 Å². The summed E-state index contributed by atoms with van der Waals surface area (Å²) in [5.41, 5.74) is 0.897. The third-order valence-corrected chi connectivity index (χ3v) is 7.14. The van der Waals surface area contributed by atoms with Gasteiger partial charge in [0, 0.05) is 50.7 Å². The number of amides is 3. The van der Waals surface area contributed by atoms with Crippen LogP contribution in [-0.2, 0) is 23.8 Å². The van der Waals surface area contributed by atoms with E-state index in [0.717, 1.165) is 12.0 Å². The van der Waals surface area contributed by atoms with E-state index in [1.807, 2.05) is 30.3 Å². The van der Waals surface area contributed by atoms with Crippen LogP contribution in [0.2, 0.25) is 0 Å². The first-order valence-corrected chi connectivity index (χ1v) is 14.8. The van der Waals surface area contributed by atoms with E-state index in [4.69, 9.17) is 19.2 Å². The minimum atomic E-state index is -1.01. The predicted octanol–water partition coefficient (Wildman–Crippen LogP) is 3.17. The summed E-state index contributed by atoms with van der Waals surface area (Å²) in [7, 11) is 0. The van der Waals surface area contributed by atoms with Crippen molar-refractivity contribution in [2.24, 2.45) is 0 Å². The first-order chi connectivity index (χ1) is 20.5. The second kappa shape index (κ2) is 14.4. The lowest BCUT2D eigenvalue weighted by molar-refractivity contribution is -0.155. The number of aromatic nitrogens is 2. The van der Waals surface area contributed by atoms with Crippen molar-refractivity contribution in [3.05, 3.63) is 47.8 Å². The summed E-state index contributed by atoms with van der Waals surface area (Å²) in [5, 5.41) is 2.83. The summed E-state index contributed by atoms with van der Waals surface area (Å²) in [5.74, 6) is -0.933. The average molecular weight is 596 g/mol. The molecule has 43 heavy (non-hydrogen) atoms. The molecular weight excluding hydrogens is 554 g/mol. The molecular formula is C31H41N5O7. The molecule has 2 aromatic rings. The molecule has 0 spiro atoms. The zero-order valence-electron chi connectivity index (χ0n) is 25.3. The minimum absolute atomic E-state index is 0.0253. The zero-order chi connectivity index (χ0) is 31.0. The Bertz CT molecular complexity index is 1280. The van der Waals surface area contributed by atoms with Gasteiger partial charge in [0.2, 0.25) is 5.91 Å². The molecule has 2 atom stereocenters. The van der Waals surface area contributed by atoms with Crippen molar-refractivity contribution < 1.29 is 33.4 Å². The number of hydrogen-bond donors (Lipinski definition) is 1. The SMILES string of the molecule is CCOC(=O)N1CCN(C(=O)[C@H](CCC(=O)OC(C)(C)C)NC(=O)c2cc(C3CCOC3)nc(-c3ccccc3)n2)CC1. The largest absolute Gasteiger partial charge is 0.460 e. The van der Waals surface area contributed by atoms with E-state index < -0.39 is 29.6 Å². The molecule has 232 valence electrons. The van der Waals surface area contributed by atoms with Crippen LogP contribution in [0, 0.1) is 0 Å². The lowest BCUT2D eigenvalue weighted by Crippen LogP contribution is -2.56. The van der Waals surface area contributed by atoms with Gasteiger partial charge in [-0.25, -0.2) is 14.8 Å². The van der Waals surface area contributed by atoms with Gasteiger partial charge in [-0.3, -0.25) is 14.4 Å². The van der Waals surface area contributed by atoms with Crippen LogP contribution >= 0.6 is 0 Å². The number of carbonyl (C=O) groups is 4. The second-order valence-electron chi connectivity index (χ2n) is 11.6. The van der Waals surface area contributed by atoms with E-state index in [9.17, 15) is 19.2 Å². The van der Waals surface area contributed by atoms with Crippen LogP contribution in [-0.4, -0.2) is 101 Å². The Morgan fingerprint density at radius 2 is 1.74 bits per heavy atom. The van der Waals surface area contributed by atoms with Gasteiger partial charge in [0.05, 0.1) is 18.9 Å². The number of benzene rings is 1. The molecule has 0 aliphatic carbocycles. The van der Waals surface area contributed by atoms with Crippen molar-refractivity contribution in [3.8, 4) is 11.4 Å². The number of nitrogens with zero attached hydrogens (tertiary/aromatic N) is 4. The molecule has 0 radical (unpaired) electrons. The Morgan fingerprint density at radius 1 is 1.05 bits per heavy atom. The summed E-state index contributed by atoms with van der Waals surface area (Å²) in [6, 6.07) is 10.0. The van der Waals surface area contributed by atoms with Crippen LogP contribution in [0.4, 0.5) is 4.79 Å². The highest BCUT2D eigenvalue weighted by molar-refractivity contribution is 5.96. The highest BCUT2D eigenvalue weighted by Gasteiger charge is 2.32. The maximum Gasteiger partial charge on any atom is 0.409 e. The van der Waals surface area contributed by atoms with E-state index in [0.29, 0.717) is 37.8 Å². The average Bonchev–Trinajstić information content (AvgIpc) is 3.54. The number of piperazine rings is 1. The zero-order valence-corrected chi connectivity index (χ0v) is 25.3. The van der Waals surface area contributed by atoms with Crippen LogP contribution in [0.1, 0.15) is 69.1 Å². The van der Waals surface area contributed by atoms with Gasteiger partial charge in [-0.05, 0) is 46.6 Å². The van der Waals surface area contributed by atoms with Crippen molar-refractivity contribution in [1.82, 2.24) is 25.1 Å². The number of ether oxygens (including phenoxy) is 3. The molecule has 2 aliphatic rings. The lowest BCUT2D eigenvalue weighted by Gasteiger charge is -2.36. The summed E-state index contributed by atoms with van der Waals surface area (Å²) >= 11 is 0. The fourth-order valence-corrected chi connectivity index (χ4v) is 4.96. The first-order valence-electron chi connectivity index (χ1n) is 14.8. The Balaban J connectivity index is 1.55. The van der Waals surface area contributed by atoms with Crippen molar-refractivity contribution in [2.45, 2.75) is 64.5 Å². The molecule has 1 unspecified atom stereocenters. The monoisotopic (exact) mass is 595 g/mol. The molecule has 3 amide bonds. The molecule has 2 aliphatic heterocycles. The highest BCUT2D eigenvalue weighted by Crippen LogP contribution is 2.26. The third kappa shape index (κ3) is 8.96. The first kappa shape index (κ1) is 31.9. The smallest absolute Gasteiger partial charge is 0.409 e. The molecule has 1 aromatic carbocycles. The number of hydrogen-bond acceptors (Lipinski definition) is 9.